The molecule has 0 saturated carbocycles. The van der Waals surface area contributed by atoms with Gasteiger partial charge >= 0.3 is 0 Å². The zero-order chi connectivity index (χ0) is 17.7. The third-order valence-corrected chi connectivity index (χ3v) is 5.86. The van der Waals surface area contributed by atoms with Gasteiger partial charge in [0.2, 0.25) is 0 Å². The second kappa shape index (κ2) is 6.48. The number of nitrogens with zero attached hydrogens (tertiary/aromatic N) is 3. The molecule has 0 radical (unpaired) electrons. The van der Waals surface area contributed by atoms with Crippen LogP contribution in [-0.2, 0) is 9.47 Å². The van der Waals surface area contributed by atoms with Gasteiger partial charge in [-0.25, -0.2) is 4.98 Å². The molecule has 2 aliphatic rings. The first-order valence-electron chi connectivity index (χ1n) is 9.36. The third kappa shape index (κ3) is 2.70. The zero-order valence-electron chi connectivity index (χ0n) is 14.8. The molecular formula is C20H22ClN3O2. The van der Waals surface area contributed by atoms with E-state index >= 15 is 0 Å². The van der Waals surface area contributed by atoms with Gasteiger partial charge in [-0.05, 0) is 44.4 Å². The van der Waals surface area contributed by atoms with Crippen molar-refractivity contribution in [2.24, 2.45) is 0 Å². The van der Waals surface area contributed by atoms with E-state index in [0.29, 0.717) is 12.0 Å². The molecule has 1 aromatic carbocycles. The average Bonchev–Trinajstić information content (AvgIpc) is 3.29. The van der Waals surface area contributed by atoms with Crippen LogP contribution < -0.4 is 0 Å². The molecule has 136 valence electrons. The van der Waals surface area contributed by atoms with E-state index in [9.17, 15) is 0 Å². The topological polar surface area (TPSA) is 49.2 Å². The molecule has 1 unspecified atom stereocenters. The molecule has 3 atom stereocenters. The molecule has 2 saturated heterocycles. The summed E-state index contributed by atoms with van der Waals surface area (Å²) < 4.78 is 13.9. The summed E-state index contributed by atoms with van der Waals surface area (Å²) in [7, 11) is 0. The van der Waals surface area contributed by atoms with Crippen LogP contribution in [0.25, 0.3) is 21.9 Å². The summed E-state index contributed by atoms with van der Waals surface area (Å²) in [6.07, 6.45) is 5.17. The van der Waals surface area contributed by atoms with Crippen LogP contribution in [-0.4, -0.2) is 40.5 Å². The number of imidazole rings is 1. The molecule has 4 heterocycles. The Bertz CT molecular complexity index is 964. The highest BCUT2D eigenvalue weighted by Crippen LogP contribution is 2.37. The maximum atomic E-state index is 6.32. The third-order valence-electron chi connectivity index (χ3n) is 5.62. The van der Waals surface area contributed by atoms with Crippen molar-refractivity contribution in [3.63, 3.8) is 0 Å². The summed E-state index contributed by atoms with van der Waals surface area (Å²) in [4.78, 5) is 9.61. The Morgan fingerprint density at radius 3 is 2.92 bits per heavy atom. The lowest BCUT2D eigenvalue weighted by Crippen LogP contribution is -2.27. The Morgan fingerprint density at radius 2 is 2.12 bits per heavy atom. The van der Waals surface area contributed by atoms with Crippen molar-refractivity contribution >= 4 is 33.5 Å². The maximum Gasteiger partial charge on any atom is 0.115 e. The molecule has 0 N–H and O–H groups in total. The van der Waals surface area contributed by atoms with E-state index < -0.39 is 0 Å². The molecule has 2 fully saturated rings. The van der Waals surface area contributed by atoms with E-state index in [1.165, 1.54) is 0 Å². The molecule has 26 heavy (non-hydrogen) atoms. The number of pyridine rings is 1. The normalized spacial score (nSPS) is 26.8. The van der Waals surface area contributed by atoms with E-state index in [1.54, 1.807) is 0 Å². The van der Waals surface area contributed by atoms with Gasteiger partial charge in [-0.2, -0.15) is 0 Å². The van der Waals surface area contributed by atoms with Crippen molar-refractivity contribution in [1.82, 2.24) is 14.5 Å². The van der Waals surface area contributed by atoms with Gasteiger partial charge in [0.15, 0.2) is 0 Å². The first kappa shape index (κ1) is 16.5. The van der Waals surface area contributed by atoms with Crippen molar-refractivity contribution in [2.45, 2.75) is 44.2 Å². The van der Waals surface area contributed by atoms with Gasteiger partial charge in [-0.1, -0.05) is 11.6 Å². The highest BCUT2D eigenvalue weighted by molar-refractivity contribution is 6.31. The fourth-order valence-corrected chi connectivity index (χ4v) is 4.54. The second-order valence-corrected chi connectivity index (χ2v) is 7.85. The van der Waals surface area contributed by atoms with Crippen LogP contribution in [0.1, 0.15) is 44.0 Å². The van der Waals surface area contributed by atoms with E-state index in [1.807, 2.05) is 24.4 Å². The highest BCUT2D eigenvalue weighted by atomic mass is 35.5. The van der Waals surface area contributed by atoms with Crippen LogP contribution in [0.2, 0.25) is 5.02 Å². The molecule has 0 aliphatic carbocycles. The molecule has 0 spiro atoms. The molecular weight excluding hydrogens is 350 g/mol. The van der Waals surface area contributed by atoms with Crippen molar-refractivity contribution < 1.29 is 9.47 Å². The van der Waals surface area contributed by atoms with Gasteiger partial charge in [-0.15, -0.1) is 0 Å². The largest absolute Gasteiger partial charge is 0.381 e. The Kier molecular flexibility index (Phi) is 4.11. The van der Waals surface area contributed by atoms with Gasteiger partial charge in [0, 0.05) is 35.6 Å². The number of halogens is 1. The van der Waals surface area contributed by atoms with E-state index in [4.69, 9.17) is 26.1 Å². The lowest BCUT2D eigenvalue weighted by molar-refractivity contribution is 0.00604. The van der Waals surface area contributed by atoms with E-state index in [2.05, 4.69) is 16.5 Å². The lowest BCUT2D eigenvalue weighted by Gasteiger charge is -2.30. The van der Waals surface area contributed by atoms with Crippen molar-refractivity contribution in [3.8, 4) is 0 Å². The van der Waals surface area contributed by atoms with Gasteiger partial charge in [0.1, 0.15) is 11.3 Å². The van der Waals surface area contributed by atoms with Crippen LogP contribution in [0.15, 0.2) is 24.4 Å². The first-order chi connectivity index (χ1) is 12.7. The summed E-state index contributed by atoms with van der Waals surface area (Å²) in [6.45, 7) is 4.49. The van der Waals surface area contributed by atoms with Crippen LogP contribution >= 0.6 is 11.6 Å². The van der Waals surface area contributed by atoms with Gasteiger partial charge in [-0.3, -0.25) is 4.98 Å². The zero-order valence-corrected chi connectivity index (χ0v) is 15.6. The maximum absolute atomic E-state index is 6.32. The SMILES string of the molecule is C[C@@H]1CC(n2c([C@H]3CCOC3)nc3cnc4ccc(Cl)cc4c32)CCO1. The van der Waals surface area contributed by atoms with Gasteiger partial charge in [0.05, 0.1) is 29.9 Å². The Morgan fingerprint density at radius 1 is 1.19 bits per heavy atom. The molecule has 2 aliphatic heterocycles. The number of hydrogen-bond donors (Lipinski definition) is 0. The number of fused-ring (bicyclic) bond motifs is 3. The standard InChI is InChI=1S/C20H22ClN3O2/c1-12-8-15(5-7-26-12)24-19-16-9-14(21)2-3-17(16)22-10-18(19)23-20(24)13-4-6-25-11-13/h2-3,9-10,12-13,15H,4-8,11H2,1H3/t12-,13+,15?/m1/s1. The number of aromatic nitrogens is 3. The fraction of sp³-hybridized carbons (Fsp3) is 0.500. The summed E-state index contributed by atoms with van der Waals surface area (Å²) in [5.74, 6) is 1.47. The number of ether oxygens (including phenoxy) is 2. The minimum Gasteiger partial charge on any atom is -0.381 e. The summed E-state index contributed by atoms with van der Waals surface area (Å²) in [5.41, 5.74) is 3.05. The molecule has 5 rings (SSSR count). The Labute approximate surface area is 157 Å². The molecule has 3 aromatic rings. The lowest BCUT2D eigenvalue weighted by atomic mass is 10.0. The molecule has 2 aromatic heterocycles. The average molecular weight is 372 g/mol. The monoisotopic (exact) mass is 371 g/mol. The Hall–Kier alpha value is -1.69. The quantitative estimate of drug-likeness (QED) is 0.666. The number of hydrogen-bond acceptors (Lipinski definition) is 4. The molecule has 6 heteroatoms. The Balaban J connectivity index is 1.78. The summed E-state index contributed by atoms with van der Waals surface area (Å²) in [6, 6.07) is 6.27. The smallest absolute Gasteiger partial charge is 0.115 e. The number of rotatable bonds is 2. The number of benzene rings is 1. The van der Waals surface area contributed by atoms with Crippen LogP contribution in [0.3, 0.4) is 0 Å². The van der Waals surface area contributed by atoms with Crippen molar-refractivity contribution in [2.75, 3.05) is 19.8 Å². The van der Waals surface area contributed by atoms with Crippen molar-refractivity contribution in [1.29, 1.82) is 0 Å². The molecule has 0 amide bonds. The van der Waals surface area contributed by atoms with Gasteiger partial charge < -0.3 is 14.0 Å². The van der Waals surface area contributed by atoms with Gasteiger partial charge in [0.25, 0.3) is 0 Å². The summed E-state index contributed by atoms with van der Waals surface area (Å²) >= 11 is 6.32. The van der Waals surface area contributed by atoms with E-state index in [-0.39, 0.29) is 6.10 Å². The minimum atomic E-state index is 0.260. The van der Waals surface area contributed by atoms with Crippen molar-refractivity contribution in [3.05, 3.63) is 35.2 Å². The molecule has 0 bridgehead atoms. The highest BCUT2D eigenvalue weighted by Gasteiger charge is 2.31. The van der Waals surface area contributed by atoms with Crippen LogP contribution in [0.5, 0.6) is 0 Å². The van der Waals surface area contributed by atoms with Crippen LogP contribution in [0.4, 0.5) is 0 Å². The minimum absolute atomic E-state index is 0.260. The van der Waals surface area contributed by atoms with Crippen LogP contribution in [0, 0.1) is 0 Å². The first-order valence-corrected chi connectivity index (χ1v) is 9.74. The van der Waals surface area contributed by atoms with E-state index in [0.717, 1.165) is 71.9 Å². The second-order valence-electron chi connectivity index (χ2n) is 7.41. The predicted octanol–water partition coefficient (Wildman–Crippen LogP) is 4.48. The predicted molar refractivity (Wildman–Crippen MR) is 102 cm³/mol. The molecule has 5 nitrogen and oxygen atoms in total. The summed E-state index contributed by atoms with van der Waals surface area (Å²) in [5, 5.41) is 1.80. The fourth-order valence-electron chi connectivity index (χ4n) is 4.37.